The number of rotatable bonds is 5. The van der Waals surface area contributed by atoms with Crippen LogP contribution in [0.5, 0.6) is 5.88 Å². The molecule has 13 heteroatoms. The molecule has 0 saturated carbocycles. The van der Waals surface area contributed by atoms with E-state index in [0.29, 0.717) is 55.2 Å². The van der Waals surface area contributed by atoms with Gasteiger partial charge in [0.1, 0.15) is 23.4 Å². The van der Waals surface area contributed by atoms with Gasteiger partial charge in [0, 0.05) is 48.2 Å². The number of pyridine rings is 3. The second-order valence-corrected chi connectivity index (χ2v) is 12.6. The number of nitrogens with one attached hydrogen (secondary N) is 2. The minimum absolute atomic E-state index is 0.0692. The number of ether oxygens (including phenoxy) is 2. The van der Waals surface area contributed by atoms with Crippen molar-refractivity contribution in [3.63, 3.8) is 0 Å². The summed E-state index contributed by atoms with van der Waals surface area (Å²) in [4.78, 5) is 15.6. The molecule has 9 nitrogen and oxygen atoms in total. The van der Waals surface area contributed by atoms with Crippen LogP contribution < -0.4 is 26.0 Å². The van der Waals surface area contributed by atoms with Crippen LogP contribution in [0.15, 0.2) is 6.07 Å². The summed E-state index contributed by atoms with van der Waals surface area (Å²) in [5.74, 6) is -0.388. The Labute approximate surface area is 246 Å². The zero-order valence-electron chi connectivity index (χ0n) is 24.5. The van der Waals surface area contributed by atoms with Crippen LogP contribution in [0.3, 0.4) is 0 Å². The van der Waals surface area contributed by atoms with E-state index in [0.717, 1.165) is 18.9 Å². The summed E-state index contributed by atoms with van der Waals surface area (Å²) in [6.07, 6.45) is -2.74. The van der Waals surface area contributed by atoms with E-state index in [2.05, 4.69) is 32.4 Å². The molecule has 0 unspecified atom stereocenters. The van der Waals surface area contributed by atoms with Crippen LogP contribution in [0.1, 0.15) is 49.2 Å². The quantitative estimate of drug-likeness (QED) is 0.373. The van der Waals surface area contributed by atoms with Crippen molar-refractivity contribution in [2.24, 2.45) is 0 Å². The highest BCUT2D eigenvalue weighted by molar-refractivity contribution is 6.01. The number of fused-ring (bicyclic) bond motifs is 5. The summed E-state index contributed by atoms with van der Waals surface area (Å²) < 4.78 is 71.8. The SMILES string of the molecule is Cc1nc(N)cc(-c2nc3c4c(nc(CCNC5(C)COC5)c(C)c4c2F)N2C[C@H]4CC[C@H](N4)[C@H]2[C@H](C)O3)c1C(F)(F)F. The van der Waals surface area contributed by atoms with Crippen molar-refractivity contribution >= 4 is 22.4 Å². The van der Waals surface area contributed by atoms with Gasteiger partial charge in [-0.15, -0.1) is 0 Å². The Bertz CT molecular complexity index is 1630. The Kier molecular flexibility index (Phi) is 6.53. The predicted octanol–water partition coefficient (Wildman–Crippen LogP) is 4.06. The van der Waals surface area contributed by atoms with Crippen LogP contribution in [0.4, 0.5) is 29.2 Å². The second kappa shape index (κ2) is 9.86. The van der Waals surface area contributed by atoms with Gasteiger partial charge in [-0.3, -0.25) is 0 Å². The highest BCUT2D eigenvalue weighted by Crippen LogP contribution is 2.47. The van der Waals surface area contributed by atoms with Gasteiger partial charge < -0.3 is 30.7 Å². The van der Waals surface area contributed by atoms with E-state index in [4.69, 9.17) is 20.2 Å². The van der Waals surface area contributed by atoms with Crippen molar-refractivity contribution in [2.75, 3.05) is 36.9 Å². The average Bonchev–Trinajstić information content (AvgIpc) is 3.23. The molecule has 3 aromatic heterocycles. The Morgan fingerprint density at radius 2 is 1.93 bits per heavy atom. The number of hydrogen-bond donors (Lipinski definition) is 3. The van der Waals surface area contributed by atoms with Crippen LogP contribution in [-0.4, -0.2) is 71.0 Å². The fourth-order valence-electron chi connectivity index (χ4n) is 7.36. The number of nitrogen functional groups attached to an aromatic ring is 1. The molecule has 4 aliphatic heterocycles. The zero-order valence-corrected chi connectivity index (χ0v) is 24.5. The molecule has 4 atom stereocenters. The van der Waals surface area contributed by atoms with Gasteiger partial charge in [-0.25, -0.2) is 19.3 Å². The zero-order chi connectivity index (χ0) is 30.4. The number of anilines is 2. The van der Waals surface area contributed by atoms with Crippen LogP contribution in [0.25, 0.3) is 22.0 Å². The maximum Gasteiger partial charge on any atom is 0.418 e. The number of aryl methyl sites for hydroxylation is 2. The first-order chi connectivity index (χ1) is 20.3. The van der Waals surface area contributed by atoms with E-state index in [1.807, 2.05) is 6.92 Å². The average molecular weight is 602 g/mol. The molecule has 0 amide bonds. The van der Waals surface area contributed by atoms with Crippen LogP contribution >= 0.6 is 0 Å². The molecule has 3 fully saturated rings. The van der Waals surface area contributed by atoms with Crippen molar-refractivity contribution in [1.29, 1.82) is 0 Å². The summed E-state index contributed by atoms with van der Waals surface area (Å²) >= 11 is 0. The van der Waals surface area contributed by atoms with Gasteiger partial charge in [0.15, 0.2) is 5.82 Å². The van der Waals surface area contributed by atoms with E-state index in [-0.39, 0.29) is 46.4 Å². The standard InChI is InChI=1S/C30H35F4N7O2/c1-13-18(7-8-36-29(4)11-42-12-29)39-27-22-21(13)24(31)25(17-9-20(35)37-14(2)23(17)30(32,33)34)40-28(22)43-15(3)26-19-6-5-16(38-19)10-41(26)27/h9,15-16,19,26,36,38H,5-8,10-12H2,1-4H3,(H2,35,37)/t15-,16+,19-,26+/m0/s1. The van der Waals surface area contributed by atoms with E-state index in [1.165, 1.54) is 6.92 Å². The number of piperazine rings is 1. The summed E-state index contributed by atoms with van der Waals surface area (Å²) in [7, 11) is 0. The van der Waals surface area contributed by atoms with Gasteiger partial charge in [0.25, 0.3) is 0 Å². The summed E-state index contributed by atoms with van der Waals surface area (Å²) in [6.45, 7) is 9.42. The molecule has 0 aromatic carbocycles. The summed E-state index contributed by atoms with van der Waals surface area (Å²) in [5.41, 5.74) is 4.61. The molecule has 4 N–H and O–H groups in total. The molecule has 4 aliphatic rings. The van der Waals surface area contributed by atoms with Gasteiger partial charge in [-0.05, 0) is 52.2 Å². The molecule has 3 saturated heterocycles. The fraction of sp³-hybridized carbons (Fsp3) is 0.567. The van der Waals surface area contributed by atoms with E-state index in [9.17, 15) is 13.2 Å². The molecular weight excluding hydrogens is 566 g/mol. The van der Waals surface area contributed by atoms with E-state index >= 15 is 4.39 Å². The van der Waals surface area contributed by atoms with Crippen molar-refractivity contribution in [2.45, 2.75) is 82.9 Å². The number of alkyl halides is 3. The van der Waals surface area contributed by atoms with Gasteiger partial charge in [-0.2, -0.15) is 13.2 Å². The van der Waals surface area contributed by atoms with Crippen molar-refractivity contribution in [1.82, 2.24) is 25.6 Å². The lowest BCUT2D eigenvalue weighted by molar-refractivity contribution is -0.137. The largest absolute Gasteiger partial charge is 0.472 e. The minimum Gasteiger partial charge on any atom is -0.472 e. The Morgan fingerprint density at radius 3 is 2.63 bits per heavy atom. The molecule has 0 spiro atoms. The maximum absolute atomic E-state index is 16.9. The smallest absolute Gasteiger partial charge is 0.418 e. The monoisotopic (exact) mass is 601 g/mol. The van der Waals surface area contributed by atoms with Gasteiger partial charge >= 0.3 is 6.18 Å². The van der Waals surface area contributed by atoms with Crippen molar-refractivity contribution in [3.8, 4) is 17.1 Å². The number of halogens is 4. The normalized spacial score (nSPS) is 25.7. The number of hydrogen-bond acceptors (Lipinski definition) is 9. The number of nitrogens with zero attached hydrogens (tertiary/aromatic N) is 4. The van der Waals surface area contributed by atoms with Crippen LogP contribution in [0.2, 0.25) is 0 Å². The second-order valence-electron chi connectivity index (χ2n) is 12.6. The number of nitrogens with two attached hydrogens (primary N) is 1. The van der Waals surface area contributed by atoms with Crippen molar-refractivity contribution < 1.29 is 27.0 Å². The first-order valence-electron chi connectivity index (χ1n) is 14.7. The van der Waals surface area contributed by atoms with Gasteiger partial charge in [0.05, 0.1) is 41.4 Å². The van der Waals surface area contributed by atoms with E-state index in [1.54, 1.807) is 6.92 Å². The molecule has 0 aliphatic carbocycles. The summed E-state index contributed by atoms with van der Waals surface area (Å²) in [6, 6.07) is 1.31. The third kappa shape index (κ3) is 4.58. The summed E-state index contributed by atoms with van der Waals surface area (Å²) in [5, 5.41) is 7.73. The topological polar surface area (TPSA) is 110 Å². The highest BCUT2D eigenvalue weighted by atomic mass is 19.4. The third-order valence-electron chi connectivity index (χ3n) is 9.41. The van der Waals surface area contributed by atoms with Gasteiger partial charge in [-0.1, -0.05) is 0 Å². The first-order valence-corrected chi connectivity index (χ1v) is 14.7. The molecular formula is C30H35F4N7O2. The first kappa shape index (κ1) is 28.5. The van der Waals surface area contributed by atoms with E-state index < -0.39 is 34.9 Å². The predicted molar refractivity (Wildman–Crippen MR) is 154 cm³/mol. The fourth-order valence-corrected chi connectivity index (χ4v) is 7.36. The van der Waals surface area contributed by atoms with Crippen LogP contribution in [-0.2, 0) is 17.3 Å². The lowest BCUT2D eigenvalue weighted by Gasteiger charge is -2.43. The molecule has 0 radical (unpaired) electrons. The minimum atomic E-state index is -4.81. The maximum atomic E-state index is 16.9. The molecule has 43 heavy (non-hydrogen) atoms. The lowest BCUT2D eigenvalue weighted by atomic mass is 9.96. The lowest BCUT2D eigenvalue weighted by Crippen LogP contribution is -2.62. The Morgan fingerprint density at radius 1 is 1.16 bits per heavy atom. The Hall–Kier alpha value is -3.29. The molecule has 230 valence electrons. The van der Waals surface area contributed by atoms with Gasteiger partial charge in [0.2, 0.25) is 5.88 Å². The molecule has 2 bridgehead atoms. The van der Waals surface area contributed by atoms with Crippen LogP contribution in [0, 0.1) is 19.7 Å². The Balaban J connectivity index is 1.46. The molecule has 7 rings (SSSR count). The van der Waals surface area contributed by atoms with Crippen molar-refractivity contribution in [3.05, 3.63) is 34.4 Å². The third-order valence-corrected chi connectivity index (χ3v) is 9.41. The highest BCUT2D eigenvalue weighted by Gasteiger charge is 2.47. The molecule has 3 aromatic rings. The molecule has 7 heterocycles. The number of aromatic nitrogens is 3.